The first-order valence-electron chi connectivity index (χ1n) is 4.11. The molecule has 0 aliphatic heterocycles. The van der Waals surface area contributed by atoms with Gasteiger partial charge < -0.3 is 10.2 Å². The van der Waals surface area contributed by atoms with E-state index in [0.29, 0.717) is 11.0 Å². The molecule has 1 aromatic carbocycles. The largest absolute Gasteiger partial charge is 0.422 e. The minimum Gasteiger partial charge on any atom is -0.422 e. The van der Waals surface area contributed by atoms with Crippen LogP contribution in [0.1, 0.15) is 10.4 Å². The Bertz CT molecular complexity index is 603. The van der Waals surface area contributed by atoms with Crippen LogP contribution in [0, 0.1) is 0 Å². The quantitative estimate of drug-likeness (QED) is 0.799. The van der Waals surface area contributed by atoms with Gasteiger partial charge >= 0.3 is 5.63 Å². The first kappa shape index (κ1) is 9.92. The van der Waals surface area contributed by atoms with Crippen LogP contribution in [-0.2, 0) is 0 Å². The minimum absolute atomic E-state index is 0.138. The second-order valence-corrected chi connectivity index (χ2v) is 3.91. The molecule has 0 fully saturated rings. The van der Waals surface area contributed by atoms with Crippen molar-refractivity contribution in [3.63, 3.8) is 0 Å². The molecule has 0 bridgehead atoms. The molecule has 5 heteroatoms. The molecule has 0 aliphatic carbocycles. The van der Waals surface area contributed by atoms with E-state index < -0.39 is 11.5 Å². The third-order valence-corrected chi connectivity index (χ3v) is 2.45. The fourth-order valence-electron chi connectivity index (χ4n) is 1.27. The number of fused-ring (bicyclic) bond motifs is 1. The van der Waals surface area contributed by atoms with Crippen molar-refractivity contribution in [3.8, 4) is 0 Å². The van der Waals surface area contributed by atoms with Gasteiger partial charge in [0.1, 0.15) is 11.1 Å². The Morgan fingerprint density at radius 3 is 2.73 bits per heavy atom. The highest BCUT2D eigenvalue weighted by Gasteiger charge is 2.09. The Hall–Kier alpha value is -1.62. The summed E-state index contributed by atoms with van der Waals surface area (Å²) in [7, 11) is 0. The molecule has 1 aromatic heterocycles. The third-order valence-electron chi connectivity index (χ3n) is 1.96. The van der Waals surface area contributed by atoms with Crippen molar-refractivity contribution in [2.75, 3.05) is 0 Å². The molecule has 0 atom stereocenters. The topological polar surface area (TPSA) is 73.3 Å². The lowest BCUT2D eigenvalue weighted by atomic mass is 10.2. The molecule has 2 aromatic rings. The summed E-state index contributed by atoms with van der Waals surface area (Å²) < 4.78 is 5.76. The van der Waals surface area contributed by atoms with Crippen LogP contribution in [0.15, 0.2) is 37.9 Å². The Labute approximate surface area is 92.8 Å². The van der Waals surface area contributed by atoms with Gasteiger partial charge in [0.25, 0.3) is 5.91 Å². The summed E-state index contributed by atoms with van der Waals surface area (Å²) in [5, 5.41) is 0.651. The molecule has 76 valence electrons. The molecule has 4 nitrogen and oxygen atoms in total. The fourth-order valence-corrected chi connectivity index (χ4v) is 1.64. The Morgan fingerprint density at radius 2 is 2.07 bits per heavy atom. The standard InChI is InChI=1S/C10H6BrNO3/c11-6-1-2-8-5(3-6)4-7(9(12)13)10(14)15-8/h1-4H,(H2,12,13). The van der Waals surface area contributed by atoms with Crippen LogP contribution >= 0.6 is 15.9 Å². The number of hydrogen-bond donors (Lipinski definition) is 1. The lowest BCUT2D eigenvalue weighted by Gasteiger charge is -1.99. The number of rotatable bonds is 1. The highest BCUT2D eigenvalue weighted by atomic mass is 79.9. The van der Waals surface area contributed by atoms with Crippen LogP contribution in [-0.4, -0.2) is 5.91 Å². The van der Waals surface area contributed by atoms with Crippen molar-refractivity contribution in [3.05, 3.63) is 44.7 Å². The van der Waals surface area contributed by atoms with Gasteiger partial charge in [0.2, 0.25) is 0 Å². The lowest BCUT2D eigenvalue weighted by molar-refractivity contribution is 0.0997. The van der Waals surface area contributed by atoms with Crippen LogP contribution in [0.4, 0.5) is 0 Å². The average molecular weight is 268 g/mol. The molecule has 0 saturated heterocycles. The summed E-state index contributed by atoms with van der Waals surface area (Å²) in [5.41, 5.74) is 4.61. The maximum absolute atomic E-state index is 11.3. The zero-order valence-corrected chi connectivity index (χ0v) is 9.08. The number of halogens is 1. The van der Waals surface area contributed by atoms with E-state index in [4.69, 9.17) is 10.2 Å². The van der Waals surface area contributed by atoms with E-state index in [1.165, 1.54) is 6.07 Å². The van der Waals surface area contributed by atoms with Crippen molar-refractivity contribution in [2.45, 2.75) is 0 Å². The predicted molar refractivity (Wildman–Crippen MR) is 58.7 cm³/mol. The third kappa shape index (κ3) is 1.78. The monoisotopic (exact) mass is 267 g/mol. The molecule has 0 aliphatic rings. The average Bonchev–Trinajstić information content (AvgIpc) is 2.17. The normalized spacial score (nSPS) is 10.5. The maximum Gasteiger partial charge on any atom is 0.349 e. The summed E-state index contributed by atoms with van der Waals surface area (Å²) in [5.74, 6) is -0.786. The summed E-state index contributed by atoms with van der Waals surface area (Å²) in [4.78, 5) is 22.2. The van der Waals surface area contributed by atoms with E-state index in [0.717, 1.165) is 4.47 Å². The van der Waals surface area contributed by atoms with E-state index in [1.54, 1.807) is 18.2 Å². The molecule has 0 saturated carbocycles. The summed E-state index contributed by atoms with van der Waals surface area (Å²) in [6, 6.07) is 6.56. The lowest BCUT2D eigenvalue weighted by Crippen LogP contribution is -2.20. The molecule has 1 heterocycles. The Balaban J connectivity index is 2.83. The van der Waals surface area contributed by atoms with E-state index in [1.807, 2.05) is 0 Å². The Kier molecular flexibility index (Phi) is 2.32. The summed E-state index contributed by atoms with van der Waals surface area (Å²) in [6.07, 6.45) is 0. The first-order valence-corrected chi connectivity index (χ1v) is 4.90. The molecule has 0 radical (unpaired) electrons. The summed E-state index contributed by atoms with van der Waals surface area (Å²) in [6.45, 7) is 0. The zero-order valence-electron chi connectivity index (χ0n) is 7.49. The van der Waals surface area contributed by atoms with Gasteiger partial charge in [-0.3, -0.25) is 4.79 Å². The smallest absolute Gasteiger partial charge is 0.349 e. The van der Waals surface area contributed by atoms with Gasteiger partial charge in [-0.2, -0.15) is 0 Å². The molecule has 2 rings (SSSR count). The van der Waals surface area contributed by atoms with Crippen LogP contribution in [0.25, 0.3) is 11.0 Å². The van der Waals surface area contributed by atoms with Gasteiger partial charge in [0.05, 0.1) is 0 Å². The first-order chi connectivity index (χ1) is 7.08. The van der Waals surface area contributed by atoms with Crippen LogP contribution in [0.3, 0.4) is 0 Å². The zero-order chi connectivity index (χ0) is 11.0. The summed E-state index contributed by atoms with van der Waals surface area (Å²) >= 11 is 3.28. The van der Waals surface area contributed by atoms with Crippen molar-refractivity contribution in [1.29, 1.82) is 0 Å². The van der Waals surface area contributed by atoms with Crippen LogP contribution < -0.4 is 11.4 Å². The van der Waals surface area contributed by atoms with Gasteiger partial charge in [-0.05, 0) is 24.3 Å². The molecule has 2 N–H and O–H groups in total. The van der Waals surface area contributed by atoms with E-state index in [-0.39, 0.29) is 5.56 Å². The molecule has 0 spiro atoms. The number of carbonyl (C=O) groups is 1. The predicted octanol–water partition coefficient (Wildman–Crippen LogP) is 1.65. The highest BCUT2D eigenvalue weighted by Crippen LogP contribution is 2.18. The van der Waals surface area contributed by atoms with Crippen molar-refractivity contribution in [2.24, 2.45) is 5.73 Å². The van der Waals surface area contributed by atoms with Gasteiger partial charge in [-0.25, -0.2) is 4.79 Å². The second kappa shape index (κ2) is 3.51. The van der Waals surface area contributed by atoms with Crippen molar-refractivity contribution in [1.82, 2.24) is 0 Å². The molecular weight excluding hydrogens is 262 g/mol. The molecule has 0 unspecified atom stereocenters. The van der Waals surface area contributed by atoms with Crippen LogP contribution in [0.5, 0.6) is 0 Å². The number of hydrogen-bond acceptors (Lipinski definition) is 3. The van der Waals surface area contributed by atoms with E-state index in [2.05, 4.69) is 15.9 Å². The Morgan fingerprint density at radius 1 is 1.33 bits per heavy atom. The SMILES string of the molecule is NC(=O)c1cc2cc(Br)ccc2oc1=O. The highest BCUT2D eigenvalue weighted by molar-refractivity contribution is 9.10. The van der Waals surface area contributed by atoms with Crippen molar-refractivity contribution < 1.29 is 9.21 Å². The molecular formula is C10H6BrNO3. The number of carbonyl (C=O) groups excluding carboxylic acids is 1. The van der Waals surface area contributed by atoms with E-state index >= 15 is 0 Å². The number of amides is 1. The maximum atomic E-state index is 11.3. The minimum atomic E-state index is -0.786. The number of primary amides is 1. The van der Waals surface area contributed by atoms with E-state index in [9.17, 15) is 9.59 Å². The van der Waals surface area contributed by atoms with Gasteiger partial charge in [0, 0.05) is 9.86 Å². The number of nitrogens with two attached hydrogens (primary N) is 1. The molecule has 1 amide bonds. The van der Waals surface area contributed by atoms with Crippen LogP contribution in [0.2, 0.25) is 0 Å². The van der Waals surface area contributed by atoms with Gasteiger partial charge in [0.15, 0.2) is 0 Å². The van der Waals surface area contributed by atoms with Gasteiger partial charge in [-0.1, -0.05) is 15.9 Å². The van der Waals surface area contributed by atoms with Crippen molar-refractivity contribution >= 4 is 32.8 Å². The fraction of sp³-hybridized carbons (Fsp3) is 0. The molecule has 15 heavy (non-hydrogen) atoms. The van der Waals surface area contributed by atoms with Gasteiger partial charge in [-0.15, -0.1) is 0 Å². The number of benzene rings is 1. The second-order valence-electron chi connectivity index (χ2n) is 2.99.